The number of benzene rings is 2. The third kappa shape index (κ3) is 7.99. The molecule has 2 aromatic carbocycles. The van der Waals surface area contributed by atoms with Gasteiger partial charge in [-0.3, -0.25) is 9.80 Å². The number of aliphatic carboxylic acids is 1. The molecule has 2 atom stereocenters. The summed E-state index contributed by atoms with van der Waals surface area (Å²) in [5.74, 6) is -1.24. The second-order valence-corrected chi connectivity index (χ2v) is 10.00. The Morgan fingerprint density at radius 3 is 1.54 bits per heavy atom. The minimum Gasteiger partial charge on any atom is -0.480 e. The lowest BCUT2D eigenvalue weighted by Gasteiger charge is -2.37. The Labute approximate surface area is 242 Å². The van der Waals surface area contributed by atoms with Gasteiger partial charge in [-0.05, 0) is 76.6 Å². The average Bonchev–Trinajstić information content (AvgIpc) is 3.02. The Kier molecular flexibility index (Phi) is 12.0. The van der Waals surface area contributed by atoms with Gasteiger partial charge in [-0.1, -0.05) is 36.4 Å². The molecule has 10 heteroatoms. The molecule has 1 N–H and O–H groups in total. The van der Waals surface area contributed by atoms with Gasteiger partial charge < -0.3 is 19.6 Å². The summed E-state index contributed by atoms with van der Waals surface area (Å²) in [5, 5.41) is 9.27. The number of likely N-dealkylation sites (tertiary alicyclic amines) is 2. The Balaban J connectivity index is 0.000000226. The van der Waals surface area contributed by atoms with E-state index in [1.54, 1.807) is 14.7 Å². The molecule has 0 unspecified atom stereocenters. The number of methoxy groups -OCH3 is 1. The Bertz CT molecular complexity index is 1150. The highest BCUT2D eigenvalue weighted by Gasteiger charge is 2.36. The van der Waals surface area contributed by atoms with Crippen molar-refractivity contribution in [1.82, 2.24) is 9.80 Å². The minimum atomic E-state index is -0.915. The van der Waals surface area contributed by atoms with E-state index in [-0.39, 0.29) is 18.0 Å². The van der Waals surface area contributed by atoms with Crippen molar-refractivity contribution in [3.8, 4) is 0 Å². The van der Waals surface area contributed by atoms with E-state index in [1.165, 1.54) is 12.0 Å². The molecule has 2 aliphatic rings. The normalized spacial score (nSPS) is 18.4. The fourth-order valence-corrected chi connectivity index (χ4v) is 5.34. The van der Waals surface area contributed by atoms with Crippen molar-refractivity contribution in [3.05, 3.63) is 60.7 Å². The van der Waals surface area contributed by atoms with Crippen LogP contribution in [0.3, 0.4) is 0 Å². The molecule has 0 bridgehead atoms. The van der Waals surface area contributed by atoms with Crippen LogP contribution >= 0.6 is 0 Å². The van der Waals surface area contributed by atoms with E-state index >= 15 is 0 Å². The molecule has 0 spiro atoms. The van der Waals surface area contributed by atoms with Gasteiger partial charge in [0.05, 0.1) is 7.11 Å². The molecule has 0 saturated carbocycles. The fourth-order valence-electron chi connectivity index (χ4n) is 5.34. The topological polar surface area (TPSA) is 111 Å². The molecule has 2 fully saturated rings. The SMILES string of the molecule is CCN(C(=O)N1CCCC[C@H]1C(=O)O)c1ccccc1.CCN(C(=O)N1CCCC[C@H]1C(=O)OC)c1ccccc1. The zero-order valence-corrected chi connectivity index (χ0v) is 24.3. The van der Waals surface area contributed by atoms with Crippen LogP contribution in [0.5, 0.6) is 0 Å². The number of anilines is 2. The molecule has 0 aliphatic carbocycles. The van der Waals surface area contributed by atoms with Gasteiger partial charge in [-0.15, -0.1) is 0 Å². The second kappa shape index (κ2) is 15.6. The van der Waals surface area contributed by atoms with E-state index in [0.717, 1.165) is 37.1 Å². The lowest BCUT2D eigenvalue weighted by atomic mass is 10.0. The van der Waals surface area contributed by atoms with E-state index < -0.39 is 18.1 Å². The number of hydrogen-bond acceptors (Lipinski definition) is 5. The summed E-state index contributed by atoms with van der Waals surface area (Å²) in [6, 6.07) is 17.4. The number of carbonyl (C=O) groups excluding carboxylic acids is 3. The maximum atomic E-state index is 12.8. The van der Waals surface area contributed by atoms with Crippen molar-refractivity contribution < 1.29 is 29.0 Å². The van der Waals surface area contributed by atoms with Gasteiger partial charge >= 0.3 is 24.0 Å². The molecular weight excluding hydrogens is 524 g/mol. The van der Waals surface area contributed by atoms with Crippen LogP contribution < -0.4 is 9.80 Å². The maximum Gasteiger partial charge on any atom is 0.328 e. The molecular formula is C31H42N4O6. The standard InChI is InChI=1S/C16H22N2O3.C15H20N2O3/c1-3-17(13-9-5-4-6-10-13)16(20)18-12-8-7-11-14(18)15(19)21-2;1-2-16(12-8-4-3-5-9-12)15(20)17-11-7-6-10-13(17)14(18)19/h4-6,9-10,14H,3,7-8,11-12H2,1-2H3;3-5,8-9,13H,2,6-7,10-11H2,1H3,(H,18,19)/t14-;13-/m00/s1. The first kappa shape index (κ1) is 31.4. The third-order valence-electron chi connectivity index (χ3n) is 7.49. The number of urea groups is 2. The summed E-state index contributed by atoms with van der Waals surface area (Å²) < 4.78 is 4.84. The number of esters is 1. The van der Waals surface area contributed by atoms with Crippen LogP contribution in [0, 0.1) is 0 Å². The van der Waals surface area contributed by atoms with Gasteiger partial charge in [0.1, 0.15) is 12.1 Å². The molecule has 4 rings (SSSR count). The molecule has 4 amide bonds. The first-order valence-corrected chi connectivity index (χ1v) is 14.4. The maximum absolute atomic E-state index is 12.8. The van der Waals surface area contributed by atoms with Crippen LogP contribution in [0.1, 0.15) is 52.4 Å². The number of rotatable bonds is 6. The predicted molar refractivity (Wildman–Crippen MR) is 158 cm³/mol. The molecule has 2 aromatic rings. The molecule has 10 nitrogen and oxygen atoms in total. The highest BCUT2D eigenvalue weighted by Crippen LogP contribution is 2.24. The van der Waals surface area contributed by atoms with Crippen LogP contribution in [-0.4, -0.2) is 84.3 Å². The monoisotopic (exact) mass is 566 g/mol. The van der Waals surface area contributed by atoms with Crippen LogP contribution in [-0.2, 0) is 14.3 Å². The highest BCUT2D eigenvalue weighted by atomic mass is 16.5. The Hall–Kier alpha value is -4.08. The lowest BCUT2D eigenvalue weighted by Crippen LogP contribution is -2.53. The van der Waals surface area contributed by atoms with E-state index in [2.05, 4.69) is 0 Å². The Morgan fingerprint density at radius 1 is 0.732 bits per heavy atom. The predicted octanol–water partition coefficient (Wildman–Crippen LogP) is 5.23. The van der Waals surface area contributed by atoms with Gasteiger partial charge in [-0.25, -0.2) is 19.2 Å². The van der Waals surface area contributed by atoms with Gasteiger partial charge in [0.25, 0.3) is 0 Å². The lowest BCUT2D eigenvalue weighted by molar-refractivity contribution is -0.147. The van der Waals surface area contributed by atoms with Crippen LogP contribution in [0.4, 0.5) is 21.0 Å². The molecule has 0 radical (unpaired) electrons. The van der Waals surface area contributed by atoms with Gasteiger partial charge in [0, 0.05) is 37.6 Å². The number of carbonyl (C=O) groups is 4. The van der Waals surface area contributed by atoms with E-state index in [4.69, 9.17) is 4.74 Å². The summed E-state index contributed by atoms with van der Waals surface area (Å²) >= 11 is 0. The number of amides is 4. The average molecular weight is 567 g/mol. The molecule has 41 heavy (non-hydrogen) atoms. The summed E-state index contributed by atoms with van der Waals surface area (Å²) in [6.45, 7) is 6.02. The molecule has 2 heterocycles. The van der Waals surface area contributed by atoms with Crippen LogP contribution in [0.25, 0.3) is 0 Å². The first-order valence-electron chi connectivity index (χ1n) is 14.4. The quantitative estimate of drug-likeness (QED) is 0.480. The number of para-hydroxylation sites is 2. The molecule has 0 aromatic heterocycles. The van der Waals surface area contributed by atoms with Gasteiger partial charge in [-0.2, -0.15) is 0 Å². The first-order chi connectivity index (χ1) is 19.8. The highest BCUT2D eigenvalue weighted by molar-refractivity contribution is 5.95. The van der Waals surface area contributed by atoms with Crippen LogP contribution in [0.15, 0.2) is 60.7 Å². The molecule has 2 aliphatic heterocycles. The van der Waals surface area contributed by atoms with Gasteiger partial charge in [0.2, 0.25) is 0 Å². The van der Waals surface area contributed by atoms with Gasteiger partial charge in [0.15, 0.2) is 0 Å². The van der Waals surface area contributed by atoms with Crippen molar-refractivity contribution in [1.29, 1.82) is 0 Å². The van der Waals surface area contributed by atoms with E-state index in [1.807, 2.05) is 74.5 Å². The number of carboxylic acids is 1. The van der Waals surface area contributed by atoms with Crippen molar-refractivity contribution in [2.75, 3.05) is 43.1 Å². The second-order valence-electron chi connectivity index (χ2n) is 10.00. The number of carboxylic acid groups (broad SMARTS) is 1. The van der Waals surface area contributed by atoms with E-state index in [0.29, 0.717) is 39.0 Å². The number of hydrogen-bond donors (Lipinski definition) is 1. The smallest absolute Gasteiger partial charge is 0.328 e. The number of piperidine rings is 2. The van der Waals surface area contributed by atoms with Crippen molar-refractivity contribution in [2.24, 2.45) is 0 Å². The number of nitrogens with zero attached hydrogens (tertiary/aromatic N) is 4. The zero-order chi connectivity index (χ0) is 29.8. The van der Waals surface area contributed by atoms with Crippen molar-refractivity contribution >= 4 is 35.4 Å². The molecule has 2 saturated heterocycles. The zero-order valence-electron chi connectivity index (χ0n) is 24.3. The summed E-state index contributed by atoms with van der Waals surface area (Å²) in [6.07, 6.45) is 4.80. The summed E-state index contributed by atoms with van der Waals surface area (Å²) in [7, 11) is 1.37. The van der Waals surface area contributed by atoms with Crippen molar-refractivity contribution in [2.45, 2.75) is 64.5 Å². The van der Waals surface area contributed by atoms with E-state index in [9.17, 15) is 24.3 Å². The number of ether oxygens (including phenoxy) is 1. The largest absolute Gasteiger partial charge is 0.480 e. The Morgan fingerprint density at radius 2 is 1.15 bits per heavy atom. The third-order valence-corrected chi connectivity index (χ3v) is 7.49. The summed E-state index contributed by atoms with van der Waals surface area (Å²) in [4.78, 5) is 55.1. The van der Waals surface area contributed by atoms with Crippen LogP contribution in [0.2, 0.25) is 0 Å². The molecule has 222 valence electrons. The summed E-state index contributed by atoms with van der Waals surface area (Å²) in [5.41, 5.74) is 1.65. The fraction of sp³-hybridized carbons (Fsp3) is 0.484. The van der Waals surface area contributed by atoms with Crippen molar-refractivity contribution in [3.63, 3.8) is 0 Å². The minimum absolute atomic E-state index is 0.126.